The van der Waals surface area contributed by atoms with E-state index < -0.39 is 0 Å². The largest absolute Gasteiger partial charge is 0.247 e. The molecule has 0 bridgehead atoms. The molecule has 0 unspecified atom stereocenters. The maximum absolute atomic E-state index is 5.64. The minimum atomic E-state index is 0.677. The Morgan fingerprint density at radius 3 is 0.862 bits per heavy atom. The number of hydrogen-bond acceptors (Lipinski definition) is 8. The summed E-state index contributed by atoms with van der Waals surface area (Å²) in [4.78, 5) is 32.4. The van der Waals surface area contributed by atoms with Crippen LogP contribution in [0, 0.1) is 0 Å². The second-order valence-electron chi connectivity index (χ2n) is 29.4. The fourth-order valence-corrected chi connectivity index (χ4v) is 19.6. The van der Waals surface area contributed by atoms with E-state index in [1.165, 1.54) is 106 Å². The summed E-state index contributed by atoms with van der Waals surface area (Å²) in [6, 6.07) is 142. The molecule has 540 valence electrons. The monoisotopic (exact) mass is 1510 g/mol. The summed E-state index contributed by atoms with van der Waals surface area (Å²) in [6.45, 7) is 0. The predicted molar refractivity (Wildman–Crippen MR) is 490 cm³/mol. The standard InChI is InChI=1S/C57H35N3S.C51H31N3S/c1-3-14-36(15-4-1)38-26-30-40(31-27-38)50-35-51(60-57(59-50)41-32-28-39(29-33-41)37-16-5-2-6-17-37)46-23-13-24-49-53(46)56-54(47-22-11-12-25-52(47)61-56)55(58-49)48-34-42-18-7-8-19-43(42)44-20-9-10-21-45(44)48;1-3-14-32(15-4-1)33-26-28-34(29-27-33)44-31-45(54-51(53-44)35-16-5-2-6-17-35)40-23-13-24-43-47(40)50-48(41-22-11-12-25-46(41)55-50)49(52-43)42-30-36-18-7-8-19-37(36)38-20-9-10-21-39(38)42/h1-35H;1-31H. The zero-order chi connectivity index (χ0) is 76.6. The number of aromatic nitrogens is 6. The minimum absolute atomic E-state index is 0.677. The van der Waals surface area contributed by atoms with Crippen molar-refractivity contribution in [3.63, 3.8) is 0 Å². The second kappa shape index (κ2) is 28.7. The number of fused-ring (bicyclic) bond motifs is 16. The summed E-state index contributed by atoms with van der Waals surface area (Å²) in [7, 11) is 0. The summed E-state index contributed by atoms with van der Waals surface area (Å²) in [5.74, 6) is 1.37. The van der Waals surface area contributed by atoms with Crippen molar-refractivity contribution in [1.29, 1.82) is 0 Å². The van der Waals surface area contributed by atoms with Crippen molar-refractivity contribution in [3.8, 4) is 124 Å². The second-order valence-corrected chi connectivity index (χ2v) is 31.5. The van der Waals surface area contributed by atoms with Crippen LogP contribution in [0.5, 0.6) is 0 Å². The molecule has 0 aliphatic rings. The predicted octanol–water partition coefficient (Wildman–Crippen LogP) is 29.7. The zero-order valence-corrected chi connectivity index (χ0v) is 64.2. The summed E-state index contributed by atoms with van der Waals surface area (Å²) in [5, 5.41) is 16.7. The Kier molecular flexibility index (Phi) is 16.9. The van der Waals surface area contributed by atoms with E-state index in [2.05, 4.69) is 370 Å². The Bertz CT molecular complexity index is 7680. The van der Waals surface area contributed by atoms with Crippen LogP contribution in [-0.2, 0) is 0 Å². The van der Waals surface area contributed by atoms with Crippen LogP contribution < -0.4 is 0 Å². The lowest BCUT2D eigenvalue weighted by Gasteiger charge is -2.15. The van der Waals surface area contributed by atoms with E-state index in [-0.39, 0.29) is 0 Å². The van der Waals surface area contributed by atoms with Crippen molar-refractivity contribution in [1.82, 2.24) is 29.9 Å². The fraction of sp³-hybridized carbons (Fsp3) is 0. The van der Waals surface area contributed by atoms with E-state index in [9.17, 15) is 0 Å². The van der Waals surface area contributed by atoms with Crippen molar-refractivity contribution in [2.24, 2.45) is 0 Å². The molecular weight excluding hydrogens is 1450 g/mol. The molecule has 0 amide bonds. The molecule has 23 aromatic rings. The van der Waals surface area contributed by atoms with Gasteiger partial charge in [0.05, 0.1) is 45.2 Å². The first kappa shape index (κ1) is 68.0. The lowest BCUT2D eigenvalue weighted by Crippen LogP contribution is -1.97. The Labute approximate surface area is 677 Å². The Hall–Kier alpha value is -14.8. The molecule has 0 radical (unpaired) electrons. The van der Waals surface area contributed by atoms with Crippen LogP contribution >= 0.6 is 22.7 Å². The van der Waals surface area contributed by atoms with Crippen molar-refractivity contribution >= 4 is 128 Å². The molecule has 23 rings (SSSR count). The Balaban J connectivity index is 0.000000141. The zero-order valence-electron chi connectivity index (χ0n) is 62.6. The molecule has 116 heavy (non-hydrogen) atoms. The van der Waals surface area contributed by atoms with Gasteiger partial charge in [-0.3, -0.25) is 0 Å². The molecule has 17 aromatic carbocycles. The quantitative estimate of drug-likeness (QED) is 0.120. The molecule has 0 saturated heterocycles. The van der Waals surface area contributed by atoms with Gasteiger partial charge in [-0.05, 0) is 125 Å². The molecule has 0 aliphatic heterocycles. The topological polar surface area (TPSA) is 77.3 Å². The summed E-state index contributed by atoms with van der Waals surface area (Å²) in [5.41, 5.74) is 22.7. The van der Waals surface area contributed by atoms with Gasteiger partial charge in [0.25, 0.3) is 0 Å². The number of hydrogen-bond donors (Lipinski definition) is 0. The Morgan fingerprint density at radius 2 is 0.466 bits per heavy atom. The van der Waals surface area contributed by atoms with Crippen molar-refractivity contribution in [2.45, 2.75) is 0 Å². The lowest BCUT2D eigenvalue weighted by molar-refractivity contribution is 1.18. The van der Waals surface area contributed by atoms with E-state index in [4.69, 9.17) is 29.9 Å². The van der Waals surface area contributed by atoms with Crippen LogP contribution in [0.25, 0.3) is 229 Å². The van der Waals surface area contributed by atoms with E-state index in [1.807, 2.05) is 53.0 Å². The van der Waals surface area contributed by atoms with E-state index in [1.54, 1.807) is 0 Å². The van der Waals surface area contributed by atoms with Gasteiger partial charge in [-0.1, -0.05) is 352 Å². The summed E-state index contributed by atoms with van der Waals surface area (Å²) < 4.78 is 4.88. The van der Waals surface area contributed by atoms with Gasteiger partial charge in [-0.25, -0.2) is 29.9 Å². The molecular formula is C108H66N6S2. The van der Waals surface area contributed by atoms with Gasteiger partial charge in [0.1, 0.15) is 0 Å². The molecule has 6 nitrogen and oxygen atoms in total. The van der Waals surface area contributed by atoms with Crippen LogP contribution in [0.2, 0.25) is 0 Å². The number of pyridine rings is 2. The molecule has 6 heterocycles. The molecule has 0 atom stereocenters. The highest BCUT2D eigenvalue weighted by Gasteiger charge is 2.26. The highest BCUT2D eigenvalue weighted by molar-refractivity contribution is 7.27. The minimum Gasteiger partial charge on any atom is -0.247 e. The first-order valence-electron chi connectivity index (χ1n) is 39.1. The molecule has 0 N–H and O–H groups in total. The van der Waals surface area contributed by atoms with Crippen molar-refractivity contribution in [3.05, 3.63) is 400 Å². The SMILES string of the molecule is c1ccc(-c2ccc(-c3cc(-c4cccc5nc(-c6cc7ccccc7c7ccccc67)c6c7ccccc7sc6c45)nc(-c4ccc(-c5ccccc5)cc4)n3)cc2)cc1.c1ccc(-c2ccc(-c3cc(-c4cccc5nc(-c6cc7ccccc7c7ccccc67)c6c7ccccc7sc6c45)nc(-c4ccccc4)n3)cc2)cc1. The maximum Gasteiger partial charge on any atom is 0.160 e. The van der Waals surface area contributed by atoms with Crippen LogP contribution in [0.3, 0.4) is 0 Å². The van der Waals surface area contributed by atoms with E-state index in [0.29, 0.717) is 11.6 Å². The number of rotatable bonds is 11. The van der Waals surface area contributed by atoms with Gasteiger partial charge in [0.15, 0.2) is 11.6 Å². The van der Waals surface area contributed by atoms with Gasteiger partial charge in [0.2, 0.25) is 0 Å². The number of nitrogens with zero attached hydrogens (tertiary/aromatic N) is 6. The van der Waals surface area contributed by atoms with Crippen molar-refractivity contribution < 1.29 is 0 Å². The highest BCUT2D eigenvalue weighted by atomic mass is 32.1. The highest BCUT2D eigenvalue weighted by Crippen LogP contribution is 2.51. The van der Waals surface area contributed by atoms with Gasteiger partial charge >= 0.3 is 0 Å². The third-order valence-corrected chi connectivity index (χ3v) is 25.0. The van der Waals surface area contributed by atoms with Crippen LogP contribution in [0.15, 0.2) is 400 Å². The normalized spacial score (nSPS) is 11.6. The summed E-state index contributed by atoms with van der Waals surface area (Å²) in [6.07, 6.45) is 0. The summed E-state index contributed by atoms with van der Waals surface area (Å²) >= 11 is 3.67. The van der Waals surface area contributed by atoms with Crippen molar-refractivity contribution in [2.75, 3.05) is 0 Å². The Morgan fingerprint density at radius 1 is 0.172 bits per heavy atom. The van der Waals surface area contributed by atoms with Crippen LogP contribution in [0.4, 0.5) is 0 Å². The molecule has 0 spiro atoms. The van der Waals surface area contributed by atoms with E-state index >= 15 is 0 Å². The smallest absolute Gasteiger partial charge is 0.160 e. The number of benzene rings is 17. The van der Waals surface area contributed by atoms with Gasteiger partial charge in [0, 0.05) is 95.6 Å². The third-order valence-electron chi connectivity index (χ3n) is 22.6. The van der Waals surface area contributed by atoms with Gasteiger partial charge in [-0.15, -0.1) is 22.7 Å². The fourth-order valence-electron chi connectivity index (χ4n) is 17.0. The average Bonchev–Trinajstić information content (AvgIpc) is 1.49. The number of thiophene rings is 2. The third kappa shape index (κ3) is 12.1. The lowest BCUT2D eigenvalue weighted by atomic mass is 9.92. The maximum atomic E-state index is 5.64. The molecule has 0 aliphatic carbocycles. The first-order chi connectivity index (χ1) is 57.5. The van der Waals surface area contributed by atoms with Crippen LogP contribution in [0.1, 0.15) is 0 Å². The first-order valence-corrected chi connectivity index (χ1v) is 40.8. The molecule has 0 saturated carbocycles. The average molecular weight is 1510 g/mol. The van der Waals surface area contributed by atoms with Crippen LogP contribution in [-0.4, -0.2) is 29.9 Å². The van der Waals surface area contributed by atoms with Gasteiger partial charge < -0.3 is 0 Å². The van der Waals surface area contributed by atoms with Gasteiger partial charge in [-0.2, -0.15) is 0 Å². The molecule has 8 heteroatoms. The molecule has 0 fully saturated rings. The van der Waals surface area contributed by atoms with E-state index in [0.717, 1.165) is 112 Å². The molecule has 6 aromatic heterocycles.